The van der Waals surface area contributed by atoms with Gasteiger partial charge in [0.25, 0.3) is 0 Å². The van der Waals surface area contributed by atoms with Gasteiger partial charge >= 0.3 is 5.97 Å². The number of hydrogen-bond donors (Lipinski definition) is 2. The van der Waals surface area contributed by atoms with E-state index in [9.17, 15) is 15.0 Å². The smallest absolute Gasteiger partial charge is 0.310 e. The van der Waals surface area contributed by atoms with Crippen LogP contribution in [-0.4, -0.2) is 27.9 Å². The largest absolute Gasteiger partial charge is 0.472 e. The maximum Gasteiger partial charge on any atom is 0.310 e. The highest BCUT2D eigenvalue weighted by Gasteiger charge is 2.66. The number of carbonyl (C=O) groups excluding carboxylic acids is 1. The highest BCUT2D eigenvalue weighted by Crippen LogP contribution is 2.66. The fraction of sp³-hybridized carbons (Fsp3) is 0.750. The number of cyclic esters (lactones) is 1. The Morgan fingerprint density at radius 3 is 2.64 bits per heavy atom. The van der Waals surface area contributed by atoms with Crippen LogP contribution in [0.4, 0.5) is 0 Å². The van der Waals surface area contributed by atoms with E-state index in [0.29, 0.717) is 12.8 Å². The number of aliphatic hydroxyl groups is 2. The highest BCUT2D eigenvalue weighted by atomic mass is 16.5. The van der Waals surface area contributed by atoms with E-state index in [4.69, 9.17) is 9.15 Å². The van der Waals surface area contributed by atoms with Gasteiger partial charge in [0.1, 0.15) is 6.10 Å². The summed E-state index contributed by atoms with van der Waals surface area (Å²) in [5.41, 5.74) is -0.915. The first-order valence-electron chi connectivity index (χ1n) is 9.33. The van der Waals surface area contributed by atoms with Crippen LogP contribution in [0.25, 0.3) is 0 Å². The van der Waals surface area contributed by atoms with Crippen LogP contribution < -0.4 is 0 Å². The number of carbonyl (C=O) groups is 1. The lowest BCUT2D eigenvalue weighted by atomic mass is 9.42. The van der Waals surface area contributed by atoms with E-state index in [2.05, 4.69) is 13.8 Å². The molecule has 3 fully saturated rings. The van der Waals surface area contributed by atoms with E-state index in [1.54, 1.807) is 19.5 Å². The topological polar surface area (TPSA) is 79.9 Å². The number of furan rings is 1. The summed E-state index contributed by atoms with van der Waals surface area (Å²) in [6.45, 7) is 6.04. The van der Waals surface area contributed by atoms with Crippen molar-refractivity contribution in [2.45, 2.75) is 70.7 Å². The molecule has 2 saturated carbocycles. The molecule has 0 bridgehead atoms. The Kier molecular flexibility index (Phi) is 3.65. The minimum absolute atomic E-state index is 0.132. The maximum atomic E-state index is 12.8. The van der Waals surface area contributed by atoms with E-state index < -0.39 is 17.1 Å². The van der Waals surface area contributed by atoms with Crippen LogP contribution in [0.1, 0.15) is 64.5 Å². The van der Waals surface area contributed by atoms with Crippen LogP contribution >= 0.6 is 0 Å². The van der Waals surface area contributed by atoms with Crippen molar-refractivity contribution in [2.24, 2.45) is 22.7 Å². The van der Waals surface area contributed by atoms with Crippen LogP contribution in [-0.2, 0) is 9.53 Å². The van der Waals surface area contributed by atoms with E-state index in [0.717, 1.165) is 24.8 Å². The summed E-state index contributed by atoms with van der Waals surface area (Å²) >= 11 is 0. The van der Waals surface area contributed by atoms with Crippen molar-refractivity contribution in [3.8, 4) is 0 Å². The summed E-state index contributed by atoms with van der Waals surface area (Å²) in [6.07, 6.45) is 5.79. The molecule has 2 aliphatic carbocycles. The van der Waals surface area contributed by atoms with Crippen LogP contribution in [0.15, 0.2) is 23.0 Å². The average molecular weight is 348 g/mol. The van der Waals surface area contributed by atoms with E-state index in [-0.39, 0.29) is 29.3 Å². The first-order valence-corrected chi connectivity index (χ1v) is 9.33. The molecule has 1 saturated heterocycles. The molecule has 0 aromatic carbocycles. The Bertz CT molecular complexity index is 666. The van der Waals surface area contributed by atoms with Gasteiger partial charge in [-0.2, -0.15) is 0 Å². The number of rotatable bonds is 1. The van der Waals surface area contributed by atoms with Crippen molar-refractivity contribution in [1.82, 2.24) is 0 Å². The Morgan fingerprint density at radius 2 is 1.96 bits per heavy atom. The van der Waals surface area contributed by atoms with Gasteiger partial charge in [-0.1, -0.05) is 13.8 Å². The summed E-state index contributed by atoms with van der Waals surface area (Å²) in [4.78, 5) is 12.8. The van der Waals surface area contributed by atoms with E-state index in [1.807, 2.05) is 6.07 Å². The minimum Gasteiger partial charge on any atom is -0.472 e. The highest BCUT2D eigenvalue weighted by molar-refractivity contribution is 5.75. The Morgan fingerprint density at radius 1 is 1.20 bits per heavy atom. The lowest BCUT2D eigenvalue weighted by molar-refractivity contribution is -0.251. The monoisotopic (exact) mass is 348 g/mol. The zero-order chi connectivity index (χ0) is 18.0. The number of fused-ring (bicyclic) bond motifs is 3. The van der Waals surface area contributed by atoms with Gasteiger partial charge in [-0.3, -0.25) is 4.79 Å². The molecule has 1 aromatic heterocycles. The van der Waals surface area contributed by atoms with Gasteiger partial charge in [-0.15, -0.1) is 0 Å². The van der Waals surface area contributed by atoms with Crippen molar-refractivity contribution in [2.75, 3.05) is 0 Å². The molecule has 2 heterocycles. The molecule has 0 unspecified atom stereocenters. The third-order valence-corrected chi connectivity index (χ3v) is 7.93. The van der Waals surface area contributed by atoms with Crippen molar-refractivity contribution in [3.63, 3.8) is 0 Å². The Hall–Kier alpha value is -1.33. The normalized spacial score (nSPS) is 49.9. The predicted octanol–water partition coefficient (Wildman–Crippen LogP) is 3.21. The van der Waals surface area contributed by atoms with Crippen LogP contribution in [0.3, 0.4) is 0 Å². The number of aliphatic hydroxyl groups excluding tert-OH is 1. The third-order valence-electron chi connectivity index (χ3n) is 7.93. The van der Waals surface area contributed by atoms with Gasteiger partial charge in [0, 0.05) is 11.0 Å². The summed E-state index contributed by atoms with van der Waals surface area (Å²) < 4.78 is 10.9. The molecule has 3 aliphatic rings. The second kappa shape index (κ2) is 5.34. The molecule has 5 nitrogen and oxygen atoms in total. The van der Waals surface area contributed by atoms with Gasteiger partial charge in [-0.25, -0.2) is 0 Å². The molecule has 0 amide bonds. The zero-order valence-electron chi connectivity index (χ0n) is 15.2. The summed E-state index contributed by atoms with van der Waals surface area (Å²) in [7, 11) is 0. The lowest BCUT2D eigenvalue weighted by Crippen LogP contribution is -2.66. The van der Waals surface area contributed by atoms with Crippen LogP contribution in [0, 0.1) is 22.7 Å². The third kappa shape index (κ3) is 2.18. The molecule has 1 aliphatic heterocycles. The van der Waals surface area contributed by atoms with Gasteiger partial charge in [0.2, 0.25) is 0 Å². The molecule has 0 spiro atoms. The second-order valence-electron chi connectivity index (χ2n) is 8.99. The van der Waals surface area contributed by atoms with Crippen molar-refractivity contribution in [3.05, 3.63) is 24.2 Å². The lowest BCUT2D eigenvalue weighted by Gasteiger charge is -2.64. The standard InChI is InChI=1S/C20H28O5/c1-18-10-14(12-7-9-24-11-12)25-17(22)13(18)6-8-19(2)15(18)4-5-16(21)20(19,3)23/h7,9,11,13-16,21,23H,4-6,8,10H2,1-3H3/t13-,14+,15+,16+,18+,19+,20-/m1/s1. The SMILES string of the molecule is C[C@]12C[C@@H](c3ccoc3)OC(=O)[C@H]1CC[C@@]1(C)[C@H]2CC[C@H](O)[C@@]1(C)O. The minimum atomic E-state index is -1.14. The molecule has 2 N–H and O–H groups in total. The fourth-order valence-electron chi connectivity index (χ4n) is 6.14. The molecule has 138 valence electrons. The molecule has 1 aromatic rings. The molecule has 7 atom stereocenters. The second-order valence-corrected chi connectivity index (χ2v) is 8.99. The predicted molar refractivity (Wildman–Crippen MR) is 90.5 cm³/mol. The molecular formula is C20H28O5. The van der Waals surface area contributed by atoms with Gasteiger partial charge < -0.3 is 19.4 Å². The molecule has 25 heavy (non-hydrogen) atoms. The summed E-state index contributed by atoms with van der Waals surface area (Å²) in [5.74, 6) is -0.105. The average Bonchev–Trinajstić information content (AvgIpc) is 3.06. The molecular weight excluding hydrogens is 320 g/mol. The van der Waals surface area contributed by atoms with Crippen molar-refractivity contribution >= 4 is 5.97 Å². The maximum absolute atomic E-state index is 12.8. The Balaban J connectivity index is 1.74. The number of ether oxygens (including phenoxy) is 1. The van der Waals surface area contributed by atoms with Crippen LogP contribution in [0.5, 0.6) is 0 Å². The molecule has 4 rings (SSSR count). The summed E-state index contributed by atoms with van der Waals surface area (Å²) in [6, 6.07) is 1.85. The Labute approximate surface area is 148 Å². The van der Waals surface area contributed by atoms with Crippen molar-refractivity contribution in [1.29, 1.82) is 0 Å². The van der Waals surface area contributed by atoms with Crippen molar-refractivity contribution < 1.29 is 24.2 Å². The van der Waals surface area contributed by atoms with E-state index in [1.165, 1.54) is 0 Å². The quantitative estimate of drug-likeness (QED) is 0.762. The van der Waals surface area contributed by atoms with Gasteiger partial charge in [0.05, 0.1) is 30.1 Å². The number of esters is 1. The summed E-state index contributed by atoms with van der Waals surface area (Å²) in [5, 5.41) is 21.6. The molecule has 5 heteroatoms. The van der Waals surface area contributed by atoms with Gasteiger partial charge in [-0.05, 0) is 56.4 Å². The first kappa shape index (κ1) is 17.1. The fourth-order valence-corrected chi connectivity index (χ4v) is 6.14. The first-order chi connectivity index (χ1) is 11.7. The zero-order valence-corrected chi connectivity index (χ0v) is 15.2. The molecule has 0 radical (unpaired) electrons. The van der Waals surface area contributed by atoms with Gasteiger partial charge in [0.15, 0.2) is 0 Å². The van der Waals surface area contributed by atoms with Crippen LogP contribution in [0.2, 0.25) is 0 Å². The number of hydrogen-bond acceptors (Lipinski definition) is 5. The van der Waals surface area contributed by atoms with E-state index >= 15 is 0 Å².